The summed E-state index contributed by atoms with van der Waals surface area (Å²) in [6.07, 6.45) is 1.84. The molecule has 3 nitrogen and oxygen atoms in total. The van der Waals surface area contributed by atoms with E-state index in [0.717, 1.165) is 16.7 Å². The molecule has 3 aromatic carbocycles. The van der Waals surface area contributed by atoms with E-state index in [-0.39, 0.29) is 11.4 Å². The third-order valence-electron chi connectivity index (χ3n) is 4.94. The quantitative estimate of drug-likeness (QED) is 0.394. The van der Waals surface area contributed by atoms with Crippen LogP contribution in [0.4, 0.5) is 10.1 Å². The standard InChI is InChI=1S/C25H20ClFN2O/c1-16-6-5-9-24(17(16)2)29-25(30)21(15-28)12-18-10-11-19(22(26)13-18)14-20-7-3-4-8-23(20)27/h3-13H,14H2,1-2H3,(H,29,30)/b21-12+. The van der Waals surface area contributed by atoms with Crippen LogP contribution >= 0.6 is 11.6 Å². The highest BCUT2D eigenvalue weighted by atomic mass is 35.5. The summed E-state index contributed by atoms with van der Waals surface area (Å²) >= 11 is 6.37. The lowest BCUT2D eigenvalue weighted by Gasteiger charge is -2.10. The van der Waals surface area contributed by atoms with Gasteiger partial charge in [-0.05, 0) is 65.9 Å². The molecule has 0 aliphatic heterocycles. The highest BCUT2D eigenvalue weighted by Gasteiger charge is 2.12. The smallest absolute Gasteiger partial charge is 0.266 e. The second-order valence-electron chi connectivity index (χ2n) is 6.99. The van der Waals surface area contributed by atoms with Crippen molar-refractivity contribution >= 4 is 29.3 Å². The first-order valence-electron chi connectivity index (χ1n) is 9.40. The van der Waals surface area contributed by atoms with Crippen LogP contribution in [0.1, 0.15) is 27.8 Å². The molecular formula is C25H20ClFN2O. The second kappa shape index (κ2) is 9.39. The van der Waals surface area contributed by atoms with Crippen LogP contribution in [0.2, 0.25) is 5.02 Å². The number of nitriles is 1. The van der Waals surface area contributed by atoms with Crippen molar-refractivity contribution in [3.63, 3.8) is 0 Å². The van der Waals surface area contributed by atoms with Gasteiger partial charge in [0.05, 0.1) is 0 Å². The van der Waals surface area contributed by atoms with E-state index in [4.69, 9.17) is 11.6 Å². The molecule has 0 bridgehead atoms. The molecule has 0 spiro atoms. The Balaban J connectivity index is 1.81. The Kier molecular flexibility index (Phi) is 6.66. The van der Waals surface area contributed by atoms with E-state index in [0.29, 0.717) is 28.3 Å². The average molecular weight is 419 g/mol. The van der Waals surface area contributed by atoms with Gasteiger partial charge in [-0.1, -0.05) is 54.1 Å². The molecule has 150 valence electrons. The van der Waals surface area contributed by atoms with E-state index in [1.54, 1.807) is 42.5 Å². The molecule has 0 radical (unpaired) electrons. The highest BCUT2D eigenvalue weighted by Crippen LogP contribution is 2.24. The molecule has 5 heteroatoms. The van der Waals surface area contributed by atoms with Crippen molar-refractivity contribution in [3.8, 4) is 6.07 Å². The first kappa shape index (κ1) is 21.3. The van der Waals surface area contributed by atoms with Crippen molar-refractivity contribution in [2.24, 2.45) is 0 Å². The zero-order valence-electron chi connectivity index (χ0n) is 16.7. The van der Waals surface area contributed by atoms with Crippen molar-refractivity contribution in [2.75, 3.05) is 5.32 Å². The fourth-order valence-electron chi connectivity index (χ4n) is 3.04. The molecular weight excluding hydrogens is 399 g/mol. The van der Waals surface area contributed by atoms with E-state index in [1.807, 2.05) is 32.0 Å². The Morgan fingerprint density at radius 3 is 2.57 bits per heavy atom. The summed E-state index contributed by atoms with van der Waals surface area (Å²) in [4.78, 5) is 12.6. The Morgan fingerprint density at radius 2 is 1.87 bits per heavy atom. The fourth-order valence-corrected chi connectivity index (χ4v) is 3.29. The minimum absolute atomic E-state index is 0.0335. The van der Waals surface area contributed by atoms with Gasteiger partial charge in [-0.3, -0.25) is 4.79 Å². The molecule has 0 aromatic heterocycles. The predicted octanol–water partition coefficient (Wildman–Crippen LogP) is 6.23. The number of nitrogens with zero attached hydrogens (tertiary/aromatic N) is 1. The minimum atomic E-state index is -0.488. The fraction of sp³-hybridized carbons (Fsp3) is 0.120. The Hall–Kier alpha value is -3.42. The third-order valence-corrected chi connectivity index (χ3v) is 5.30. The zero-order valence-corrected chi connectivity index (χ0v) is 17.4. The summed E-state index contributed by atoms with van der Waals surface area (Å²) in [5.41, 5.74) is 4.56. The lowest BCUT2D eigenvalue weighted by atomic mass is 10.0. The lowest BCUT2D eigenvalue weighted by Crippen LogP contribution is -2.14. The van der Waals surface area contributed by atoms with Crippen LogP contribution in [-0.2, 0) is 11.2 Å². The Labute approximate surface area is 180 Å². The van der Waals surface area contributed by atoms with Crippen molar-refractivity contribution in [3.05, 3.63) is 105 Å². The number of halogens is 2. The molecule has 1 N–H and O–H groups in total. The van der Waals surface area contributed by atoms with Crippen LogP contribution in [0, 0.1) is 31.0 Å². The van der Waals surface area contributed by atoms with Crippen LogP contribution in [0.25, 0.3) is 6.08 Å². The van der Waals surface area contributed by atoms with Gasteiger partial charge in [0, 0.05) is 17.1 Å². The number of carbonyl (C=O) groups is 1. The maximum absolute atomic E-state index is 13.9. The van der Waals surface area contributed by atoms with Crippen LogP contribution in [0.3, 0.4) is 0 Å². The van der Waals surface area contributed by atoms with Gasteiger partial charge in [0.15, 0.2) is 0 Å². The molecule has 3 aromatic rings. The average Bonchev–Trinajstić information content (AvgIpc) is 2.73. The van der Waals surface area contributed by atoms with E-state index >= 15 is 0 Å². The van der Waals surface area contributed by atoms with Crippen molar-refractivity contribution in [2.45, 2.75) is 20.3 Å². The summed E-state index contributed by atoms with van der Waals surface area (Å²) in [5, 5.41) is 12.7. The number of nitrogens with one attached hydrogen (secondary N) is 1. The first-order valence-corrected chi connectivity index (χ1v) is 9.78. The van der Waals surface area contributed by atoms with E-state index in [2.05, 4.69) is 5.32 Å². The number of anilines is 1. The molecule has 0 fully saturated rings. The van der Waals surface area contributed by atoms with Gasteiger partial charge in [-0.25, -0.2) is 4.39 Å². The molecule has 3 rings (SSSR count). The molecule has 0 heterocycles. The predicted molar refractivity (Wildman–Crippen MR) is 119 cm³/mol. The normalized spacial score (nSPS) is 11.1. The molecule has 0 saturated carbocycles. The summed E-state index contributed by atoms with van der Waals surface area (Å²) in [5.74, 6) is -0.773. The largest absolute Gasteiger partial charge is 0.321 e. The number of rotatable bonds is 5. The maximum atomic E-state index is 13.9. The number of hydrogen-bond acceptors (Lipinski definition) is 2. The second-order valence-corrected chi connectivity index (χ2v) is 7.40. The zero-order chi connectivity index (χ0) is 21.7. The van der Waals surface area contributed by atoms with E-state index in [9.17, 15) is 14.4 Å². The summed E-state index contributed by atoms with van der Waals surface area (Å²) in [6.45, 7) is 3.87. The highest BCUT2D eigenvalue weighted by molar-refractivity contribution is 6.31. The van der Waals surface area contributed by atoms with Crippen molar-refractivity contribution < 1.29 is 9.18 Å². The summed E-state index contributed by atoms with van der Waals surface area (Å²) in [7, 11) is 0. The van der Waals surface area contributed by atoms with E-state index < -0.39 is 5.91 Å². The van der Waals surface area contributed by atoms with Crippen LogP contribution < -0.4 is 5.32 Å². The van der Waals surface area contributed by atoms with Crippen LogP contribution in [0.15, 0.2) is 66.2 Å². The van der Waals surface area contributed by atoms with Crippen molar-refractivity contribution in [1.29, 1.82) is 5.26 Å². The molecule has 30 heavy (non-hydrogen) atoms. The number of hydrogen-bond donors (Lipinski definition) is 1. The first-order chi connectivity index (χ1) is 14.4. The van der Waals surface area contributed by atoms with Gasteiger partial charge in [0.1, 0.15) is 17.5 Å². The molecule has 1 amide bonds. The lowest BCUT2D eigenvalue weighted by molar-refractivity contribution is -0.112. The van der Waals surface area contributed by atoms with Crippen LogP contribution in [-0.4, -0.2) is 5.91 Å². The minimum Gasteiger partial charge on any atom is -0.321 e. The SMILES string of the molecule is Cc1cccc(NC(=O)/C(C#N)=C/c2ccc(Cc3ccccc3F)c(Cl)c2)c1C. The maximum Gasteiger partial charge on any atom is 0.266 e. The number of carbonyl (C=O) groups excluding carboxylic acids is 1. The number of amides is 1. The van der Waals surface area contributed by atoms with Gasteiger partial charge >= 0.3 is 0 Å². The summed E-state index contributed by atoms with van der Waals surface area (Å²) < 4.78 is 13.9. The molecule has 0 unspecified atom stereocenters. The van der Waals surface area contributed by atoms with Gasteiger partial charge in [-0.2, -0.15) is 5.26 Å². The van der Waals surface area contributed by atoms with Gasteiger partial charge in [0.2, 0.25) is 0 Å². The number of benzene rings is 3. The molecule has 0 saturated heterocycles. The third kappa shape index (κ3) is 4.94. The van der Waals surface area contributed by atoms with Gasteiger partial charge in [-0.15, -0.1) is 0 Å². The van der Waals surface area contributed by atoms with E-state index in [1.165, 1.54) is 12.1 Å². The Morgan fingerprint density at radius 1 is 1.10 bits per heavy atom. The van der Waals surface area contributed by atoms with Crippen molar-refractivity contribution in [1.82, 2.24) is 0 Å². The van der Waals surface area contributed by atoms with Gasteiger partial charge < -0.3 is 5.32 Å². The number of aryl methyl sites for hydroxylation is 1. The molecule has 0 aliphatic rings. The Bertz CT molecular complexity index is 1180. The van der Waals surface area contributed by atoms with Crippen LogP contribution in [0.5, 0.6) is 0 Å². The molecule has 0 aliphatic carbocycles. The summed E-state index contributed by atoms with van der Waals surface area (Å²) in [6, 6.07) is 19.3. The monoisotopic (exact) mass is 418 g/mol. The molecule has 0 atom stereocenters. The topological polar surface area (TPSA) is 52.9 Å². The van der Waals surface area contributed by atoms with Gasteiger partial charge in [0.25, 0.3) is 5.91 Å².